The summed E-state index contributed by atoms with van der Waals surface area (Å²) >= 11 is 0. The Balaban J connectivity index is 2.97. The predicted octanol–water partition coefficient (Wildman–Crippen LogP) is 0.999. The summed E-state index contributed by atoms with van der Waals surface area (Å²) in [6.45, 7) is 4.23. The molecule has 0 aliphatic rings. The molecule has 0 aromatic carbocycles. The molecule has 1 aromatic heterocycles. The van der Waals surface area contributed by atoms with Gasteiger partial charge in [0, 0.05) is 6.54 Å². The van der Waals surface area contributed by atoms with E-state index < -0.39 is 0 Å². The summed E-state index contributed by atoms with van der Waals surface area (Å²) in [4.78, 5) is 0. The SMILES string of the molecule is CCc1nnn(CC)c1F. The van der Waals surface area contributed by atoms with Crippen molar-refractivity contribution in [1.29, 1.82) is 0 Å². The molecule has 0 amide bonds. The highest BCUT2D eigenvalue weighted by molar-refractivity contribution is 4.94. The van der Waals surface area contributed by atoms with Crippen molar-refractivity contribution >= 4 is 0 Å². The second-order valence-electron chi connectivity index (χ2n) is 2.00. The maximum Gasteiger partial charge on any atom is 0.234 e. The van der Waals surface area contributed by atoms with Crippen molar-refractivity contribution in [2.45, 2.75) is 26.8 Å². The summed E-state index contributed by atoms with van der Waals surface area (Å²) in [6.07, 6.45) is 0.603. The topological polar surface area (TPSA) is 30.7 Å². The van der Waals surface area contributed by atoms with Crippen LogP contribution in [0.4, 0.5) is 4.39 Å². The lowest BCUT2D eigenvalue weighted by Crippen LogP contribution is -2.00. The molecule has 0 atom stereocenters. The first-order valence-electron chi connectivity index (χ1n) is 3.37. The van der Waals surface area contributed by atoms with E-state index in [4.69, 9.17) is 0 Å². The van der Waals surface area contributed by atoms with E-state index in [0.29, 0.717) is 18.7 Å². The average molecular weight is 143 g/mol. The van der Waals surface area contributed by atoms with E-state index in [1.165, 1.54) is 4.68 Å². The molecule has 0 radical (unpaired) electrons. The summed E-state index contributed by atoms with van der Waals surface area (Å²) in [5.74, 6) is -0.301. The van der Waals surface area contributed by atoms with Crippen LogP contribution in [0.15, 0.2) is 0 Å². The van der Waals surface area contributed by atoms with Crippen LogP contribution in [0.3, 0.4) is 0 Å². The van der Waals surface area contributed by atoms with Crippen LogP contribution < -0.4 is 0 Å². The van der Waals surface area contributed by atoms with Crippen LogP contribution >= 0.6 is 0 Å². The van der Waals surface area contributed by atoms with Gasteiger partial charge >= 0.3 is 0 Å². The number of nitrogens with zero attached hydrogens (tertiary/aromatic N) is 3. The second kappa shape index (κ2) is 2.77. The maximum atomic E-state index is 12.9. The van der Waals surface area contributed by atoms with E-state index in [2.05, 4.69) is 10.3 Å². The highest BCUT2D eigenvalue weighted by Gasteiger charge is 2.07. The highest BCUT2D eigenvalue weighted by Crippen LogP contribution is 2.02. The molecule has 10 heavy (non-hydrogen) atoms. The molecule has 1 heterocycles. The van der Waals surface area contributed by atoms with Gasteiger partial charge in [-0.15, -0.1) is 5.10 Å². The van der Waals surface area contributed by atoms with Crippen LogP contribution in [0.25, 0.3) is 0 Å². The maximum absolute atomic E-state index is 12.9. The molecule has 0 fully saturated rings. The molecule has 1 aromatic rings. The van der Waals surface area contributed by atoms with Crippen molar-refractivity contribution in [2.24, 2.45) is 0 Å². The average Bonchev–Trinajstić information content (AvgIpc) is 2.30. The van der Waals surface area contributed by atoms with Gasteiger partial charge in [0.25, 0.3) is 0 Å². The Morgan fingerprint density at radius 1 is 1.50 bits per heavy atom. The zero-order chi connectivity index (χ0) is 7.56. The summed E-state index contributed by atoms with van der Waals surface area (Å²) in [6, 6.07) is 0. The Morgan fingerprint density at radius 2 is 2.20 bits per heavy atom. The van der Waals surface area contributed by atoms with E-state index in [9.17, 15) is 4.39 Å². The lowest BCUT2D eigenvalue weighted by Gasteiger charge is -1.91. The molecular weight excluding hydrogens is 133 g/mol. The summed E-state index contributed by atoms with van der Waals surface area (Å²) in [5.41, 5.74) is 0.446. The molecule has 3 nitrogen and oxygen atoms in total. The van der Waals surface area contributed by atoms with Crippen molar-refractivity contribution in [2.75, 3.05) is 0 Å². The first-order chi connectivity index (χ1) is 4.79. The van der Waals surface area contributed by atoms with Crippen molar-refractivity contribution in [3.8, 4) is 0 Å². The van der Waals surface area contributed by atoms with Gasteiger partial charge in [-0.2, -0.15) is 4.39 Å². The molecule has 0 spiro atoms. The Labute approximate surface area is 58.9 Å². The smallest absolute Gasteiger partial charge is 0.219 e. The number of halogens is 1. The van der Waals surface area contributed by atoms with E-state index in [1.54, 1.807) is 0 Å². The fourth-order valence-electron chi connectivity index (χ4n) is 0.756. The van der Waals surface area contributed by atoms with Gasteiger partial charge in [0.1, 0.15) is 5.69 Å². The second-order valence-corrected chi connectivity index (χ2v) is 2.00. The summed E-state index contributed by atoms with van der Waals surface area (Å²) < 4.78 is 14.1. The van der Waals surface area contributed by atoms with Crippen LogP contribution in [0, 0.1) is 5.95 Å². The third-order valence-electron chi connectivity index (χ3n) is 1.37. The van der Waals surface area contributed by atoms with E-state index in [-0.39, 0.29) is 5.95 Å². The zero-order valence-electron chi connectivity index (χ0n) is 6.13. The number of aryl methyl sites for hydroxylation is 2. The quantitative estimate of drug-likeness (QED) is 0.618. The van der Waals surface area contributed by atoms with E-state index in [1.807, 2.05) is 13.8 Å². The molecule has 0 saturated heterocycles. The normalized spacial score (nSPS) is 10.3. The standard InChI is InChI=1S/C6H10FN3/c1-3-5-6(7)10(4-2)9-8-5/h3-4H2,1-2H3. The third kappa shape index (κ3) is 1.01. The Morgan fingerprint density at radius 3 is 2.50 bits per heavy atom. The van der Waals surface area contributed by atoms with Crippen LogP contribution in [-0.2, 0) is 13.0 Å². The molecule has 0 saturated carbocycles. The lowest BCUT2D eigenvalue weighted by atomic mass is 10.4. The number of rotatable bonds is 2. The van der Waals surface area contributed by atoms with Gasteiger partial charge in [-0.25, -0.2) is 4.68 Å². The third-order valence-corrected chi connectivity index (χ3v) is 1.37. The lowest BCUT2D eigenvalue weighted by molar-refractivity contribution is 0.462. The molecule has 0 bridgehead atoms. The van der Waals surface area contributed by atoms with Gasteiger partial charge in [0.15, 0.2) is 0 Å². The van der Waals surface area contributed by atoms with Crippen LogP contribution in [-0.4, -0.2) is 15.0 Å². The van der Waals surface area contributed by atoms with Gasteiger partial charge in [0.05, 0.1) is 0 Å². The van der Waals surface area contributed by atoms with Gasteiger partial charge in [-0.3, -0.25) is 0 Å². The monoisotopic (exact) mass is 143 g/mol. The minimum atomic E-state index is -0.301. The van der Waals surface area contributed by atoms with E-state index >= 15 is 0 Å². The minimum Gasteiger partial charge on any atom is -0.219 e. The highest BCUT2D eigenvalue weighted by atomic mass is 19.1. The van der Waals surface area contributed by atoms with Crippen molar-refractivity contribution in [1.82, 2.24) is 15.0 Å². The molecule has 0 N–H and O–H groups in total. The Kier molecular flexibility index (Phi) is 1.99. The number of hydrogen-bond donors (Lipinski definition) is 0. The van der Waals surface area contributed by atoms with Crippen molar-refractivity contribution in [3.05, 3.63) is 11.6 Å². The van der Waals surface area contributed by atoms with Gasteiger partial charge < -0.3 is 0 Å². The first kappa shape index (κ1) is 7.18. The van der Waals surface area contributed by atoms with Crippen LogP contribution in [0.5, 0.6) is 0 Å². The molecule has 0 unspecified atom stereocenters. The van der Waals surface area contributed by atoms with Crippen LogP contribution in [0.2, 0.25) is 0 Å². The first-order valence-corrected chi connectivity index (χ1v) is 3.37. The molecular formula is C6H10FN3. The molecule has 0 aliphatic heterocycles. The minimum absolute atomic E-state index is 0.301. The molecule has 56 valence electrons. The predicted molar refractivity (Wildman–Crippen MR) is 35.0 cm³/mol. The number of aromatic nitrogens is 3. The van der Waals surface area contributed by atoms with Gasteiger partial charge in [0.2, 0.25) is 5.95 Å². The van der Waals surface area contributed by atoms with Crippen molar-refractivity contribution < 1.29 is 4.39 Å². The Bertz CT molecular complexity index is 197. The Hall–Kier alpha value is -0.930. The van der Waals surface area contributed by atoms with Crippen LogP contribution in [0.1, 0.15) is 19.5 Å². The largest absolute Gasteiger partial charge is 0.234 e. The molecule has 4 heteroatoms. The molecule has 1 rings (SSSR count). The fourth-order valence-corrected chi connectivity index (χ4v) is 0.756. The van der Waals surface area contributed by atoms with Gasteiger partial charge in [-0.05, 0) is 13.3 Å². The zero-order valence-corrected chi connectivity index (χ0v) is 6.13. The van der Waals surface area contributed by atoms with E-state index in [0.717, 1.165) is 0 Å². The number of hydrogen-bond acceptors (Lipinski definition) is 2. The fraction of sp³-hybridized carbons (Fsp3) is 0.667. The molecule has 0 aliphatic carbocycles. The van der Waals surface area contributed by atoms with Gasteiger partial charge in [-0.1, -0.05) is 12.1 Å². The van der Waals surface area contributed by atoms with Crippen molar-refractivity contribution in [3.63, 3.8) is 0 Å². The summed E-state index contributed by atoms with van der Waals surface area (Å²) in [7, 11) is 0. The summed E-state index contributed by atoms with van der Waals surface area (Å²) in [5, 5.41) is 7.24.